The van der Waals surface area contributed by atoms with Gasteiger partial charge in [0.05, 0.1) is 0 Å². The fourth-order valence-electron chi connectivity index (χ4n) is 0.510. The van der Waals surface area contributed by atoms with E-state index in [1.54, 1.807) is 0 Å². The molecule has 0 aromatic heterocycles. The van der Waals surface area contributed by atoms with Crippen molar-refractivity contribution >= 4 is 0 Å². The van der Waals surface area contributed by atoms with Gasteiger partial charge >= 0.3 is 0 Å². The van der Waals surface area contributed by atoms with Crippen LogP contribution in [0.1, 0.15) is 12.8 Å². The average molecular weight is 256 g/mol. The Morgan fingerprint density at radius 3 is 1.67 bits per heavy atom. The maximum atomic E-state index is 4.94. The van der Waals surface area contributed by atoms with Crippen molar-refractivity contribution in [3.63, 3.8) is 0 Å². The van der Waals surface area contributed by atoms with Crippen molar-refractivity contribution < 1.29 is 25.8 Å². The van der Waals surface area contributed by atoms with E-state index in [2.05, 4.69) is 0 Å². The Morgan fingerprint density at radius 2 is 1.50 bits per heavy atom. The van der Waals surface area contributed by atoms with Crippen LogP contribution in [-0.4, -0.2) is 13.2 Å². The van der Waals surface area contributed by atoms with Gasteiger partial charge in [0.2, 0.25) is 0 Å². The quantitative estimate of drug-likeness (QED) is 0.622. The molecule has 0 aromatic carbocycles. The second kappa shape index (κ2) is 3.83. The van der Waals surface area contributed by atoms with Gasteiger partial charge in [-0.2, -0.15) is 0 Å². The smallest absolute Gasteiger partial charge is 0.0466 e. The molecule has 1 aliphatic rings. The summed E-state index contributed by atoms with van der Waals surface area (Å²) in [6.45, 7) is 2.00. The van der Waals surface area contributed by atoms with E-state index >= 15 is 0 Å². The van der Waals surface area contributed by atoms with Crippen LogP contribution in [0.4, 0.5) is 0 Å². The zero-order valence-corrected chi connectivity index (χ0v) is 6.58. The molecule has 1 aliphatic heterocycles. The zero-order valence-electron chi connectivity index (χ0n) is 3.64. The predicted molar refractivity (Wildman–Crippen MR) is 20.1 cm³/mol. The van der Waals surface area contributed by atoms with Gasteiger partial charge in [-0.25, -0.2) is 0 Å². The van der Waals surface area contributed by atoms with Crippen LogP contribution in [0.25, 0.3) is 0 Å². The standard InChI is InChI=1S/C4H8O.W/c1-2-4-5-3-1;/h1-4H2;. The Morgan fingerprint density at radius 1 is 1.00 bits per heavy atom. The third-order valence-corrected chi connectivity index (χ3v) is 0.827. The molecule has 1 heterocycles. The maximum Gasteiger partial charge on any atom is 0.0466 e. The fourth-order valence-corrected chi connectivity index (χ4v) is 0.510. The Bertz CT molecular complexity index is 19.1. The molecule has 0 saturated carbocycles. The molecule has 2 heteroatoms. The second-order valence-electron chi connectivity index (χ2n) is 1.32. The van der Waals surface area contributed by atoms with Crippen molar-refractivity contribution in [1.82, 2.24) is 0 Å². The van der Waals surface area contributed by atoms with Crippen LogP contribution in [0, 0.1) is 0 Å². The van der Waals surface area contributed by atoms with Crippen LogP contribution in [0.2, 0.25) is 0 Å². The van der Waals surface area contributed by atoms with Crippen molar-refractivity contribution in [3.8, 4) is 0 Å². The van der Waals surface area contributed by atoms with Crippen molar-refractivity contribution in [2.45, 2.75) is 12.8 Å². The molecule has 1 nitrogen and oxygen atoms in total. The van der Waals surface area contributed by atoms with Crippen LogP contribution in [0.15, 0.2) is 0 Å². The molecule has 0 bridgehead atoms. The van der Waals surface area contributed by atoms with Crippen molar-refractivity contribution in [1.29, 1.82) is 0 Å². The molecule has 0 unspecified atom stereocenters. The molecule has 1 fully saturated rings. The SMILES string of the molecule is C1CCOC1.[W]. The Balaban J connectivity index is 0.000000250. The van der Waals surface area contributed by atoms with E-state index in [-0.39, 0.29) is 21.1 Å². The van der Waals surface area contributed by atoms with Gasteiger partial charge in [-0.3, -0.25) is 0 Å². The first-order valence-electron chi connectivity index (χ1n) is 2.08. The van der Waals surface area contributed by atoms with Gasteiger partial charge in [0.25, 0.3) is 0 Å². The summed E-state index contributed by atoms with van der Waals surface area (Å²) in [4.78, 5) is 0. The number of hydrogen-bond acceptors (Lipinski definition) is 1. The van der Waals surface area contributed by atoms with Gasteiger partial charge in [0.1, 0.15) is 0 Å². The first-order chi connectivity index (χ1) is 2.50. The topological polar surface area (TPSA) is 9.23 Å². The molecule has 0 atom stereocenters. The van der Waals surface area contributed by atoms with E-state index < -0.39 is 0 Å². The van der Waals surface area contributed by atoms with E-state index in [1.165, 1.54) is 12.8 Å². The predicted octanol–water partition coefficient (Wildman–Crippen LogP) is 0.794. The molecule has 0 N–H and O–H groups in total. The summed E-state index contributed by atoms with van der Waals surface area (Å²) in [7, 11) is 0. The molecular formula is C4H8OW. The summed E-state index contributed by atoms with van der Waals surface area (Å²) in [6, 6.07) is 0. The molecule has 0 radical (unpaired) electrons. The van der Waals surface area contributed by atoms with Gasteiger partial charge in [-0.05, 0) is 12.8 Å². The van der Waals surface area contributed by atoms with Crippen LogP contribution in [0.3, 0.4) is 0 Å². The first kappa shape index (κ1) is 6.65. The van der Waals surface area contributed by atoms with Gasteiger partial charge in [0.15, 0.2) is 0 Å². The van der Waals surface area contributed by atoms with Crippen LogP contribution >= 0.6 is 0 Å². The van der Waals surface area contributed by atoms with E-state index in [0.717, 1.165) is 13.2 Å². The molecule has 0 amide bonds. The largest absolute Gasteiger partial charge is 0.381 e. The van der Waals surface area contributed by atoms with Gasteiger partial charge < -0.3 is 4.74 Å². The second-order valence-corrected chi connectivity index (χ2v) is 1.32. The van der Waals surface area contributed by atoms with Crippen molar-refractivity contribution in [2.24, 2.45) is 0 Å². The Labute approximate surface area is 52.3 Å². The summed E-state index contributed by atoms with van der Waals surface area (Å²) < 4.78 is 4.94. The first-order valence-corrected chi connectivity index (χ1v) is 2.08. The van der Waals surface area contributed by atoms with E-state index in [4.69, 9.17) is 4.74 Å². The maximum absolute atomic E-state index is 4.94. The third kappa shape index (κ3) is 1.94. The summed E-state index contributed by atoms with van der Waals surface area (Å²) in [5.41, 5.74) is 0. The minimum atomic E-state index is 0. The van der Waals surface area contributed by atoms with Gasteiger partial charge in [0, 0.05) is 34.3 Å². The molecule has 36 valence electrons. The fraction of sp³-hybridized carbons (Fsp3) is 1.00. The molecule has 1 saturated heterocycles. The number of hydrogen-bond donors (Lipinski definition) is 0. The zero-order chi connectivity index (χ0) is 3.54. The number of rotatable bonds is 0. The summed E-state index contributed by atoms with van der Waals surface area (Å²) in [6.07, 6.45) is 2.56. The monoisotopic (exact) mass is 256 g/mol. The Kier molecular flexibility index (Phi) is 4.24. The van der Waals surface area contributed by atoms with Gasteiger partial charge in [-0.15, -0.1) is 0 Å². The van der Waals surface area contributed by atoms with Crippen LogP contribution in [0.5, 0.6) is 0 Å². The molecule has 1 rings (SSSR count). The molecule has 0 aliphatic carbocycles. The van der Waals surface area contributed by atoms with Crippen LogP contribution in [-0.2, 0) is 25.8 Å². The van der Waals surface area contributed by atoms with Crippen molar-refractivity contribution in [3.05, 3.63) is 0 Å². The third-order valence-electron chi connectivity index (χ3n) is 0.827. The van der Waals surface area contributed by atoms with E-state index in [1.807, 2.05) is 0 Å². The van der Waals surface area contributed by atoms with Gasteiger partial charge in [-0.1, -0.05) is 0 Å². The average Bonchev–Trinajstić information content (AvgIpc) is 1.76. The number of ether oxygens (including phenoxy) is 1. The normalized spacial score (nSPS) is 20.0. The van der Waals surface area contributed by atoms with Crippen LogP contribution < -0.4 is 0 Å². The van der Waals surface area contributed by atoms with E-state index in [9.17, 15) is 0 Å². The molecule has 0 aromatic rings. The minimum Gasteiger partial charge on any atom is -0.381 e. The molecule has 6 heavy (non-hydrogen) atoms. The Hall–Kier alpha value is 0.648. The molecule has 0 spiro atoms. The summed E-state index contributed by atoms with van der Waals surface area (Å²) >= 11 is 0. The summed E-state index contributed by atoms with van der Waals surface area (Å²) in [5, 5.41) is 0. The summed E-state index contributed by atoms with van der Waals surface area (Å²) in [5.74, 6) is 0. The van der Waals surface area contributed by atoms with Crippen molar-refractivity contribution in [2.75, 3.05) is 13.2 Å². The molecular weight excluding hydrogens is 248 g/mol. The minimum absolute atomic E-state index is 0. The van der Waals surface area contributed by atoms with E-state index in [0.29, 0.717) is 0 Å².